The highest BCUT2D eigenvalue weighted by molar-refractivity contribution is 7.89. The van der Waals surface area contributed by atoms with Crippen LogP contribution < -0.4 is 26.2 Å². The summed E-state index contributed by atoms with van der Waals surface area (Å²) in [5.74, 6) is -0.745. The summed E-state index contributed by atoms with van der Waals surface area (Å²) in [4.78, 5) is 32.9. The number of alkyl halides is 9. The Balaban J connectivity index is 0.925. The number of hydrogen-bond donors (Lipinski definition) is 4. The molecule has 2 aliphatic heterocycles. The lowest BCUT2D eigenvalue weighted by Gasteiger charge is -2.31. The van der Waals surface area contributed by atoms with Crippen LogP contribution in [0.2, 0.25) is 0 Å². The Bertz CT molecular complexity index is 2590. The van der Waals surface area contributed by atoms with Crippen LogP contribution >= 0.6 is 0 Å². The van der Waals surface area contributed by atoms with Crippen molar-refractivity contribution in [1.29, 1.82) is 0 Å². The third-order valence-electron chi connectivity index (χ3n) is 10.00. The normalized spacial score (nSPS) is 16.2. The summed E-state index contributed by atoms with van der Waals surface area (Å²) in [6.45, 7) is -1.94. The van der Waals surface area contributed by atoms with Gasteiger partial charge in [0.15, 0.2) is 5.82 Å². The van der Waals surface area contributed by atoms with Crippen LogP contribution in [0.3, 0.4) is 0 Å². The Kier molecular flexibility index (Phi) is 12.6. The summed E-state index contributed by atoms with van der Waals surface area (Å²) in [5.41, 5.74) is -1.02. The maximum Gasteiger partial charge on any atom is 0.419 e. The number of amides is 3. The number of benzene rings is 2. The zero-order valence-corrected chi connectivity index (χ0v) is 33.5. The molecule has 0 bridgehead atoms. The number of rotatable bonds is 14. The first-order valence-electron chi connectivity index (χ1n) is 19.2. The van der Waals surface area contributed by atoms with Gasteiger partial charge in [0.1, 0.15) is 18.7 Å². The van der Waals surface area contributed by atoms with Gasteiger partial charge in [0, 0.05) is 80.8 Å². The third-order valence-corrected chi connectivity index (χ3v) is 11.9. The zero-order chi connectivity index (χ0) is 45.3. The van der Waals surface area contributed by atoms with Gasteiger partial charge in [0.05, 0.1) is 22.3 Å². The first-order valence-corrected chi connectivity index (χ1v) is 20.6. The predicted molar refractivity (Wildman–Crippen MR) is 208 cm³/mol. The molecule has 16 nitrogen and oxygen atoms in total. The van der Waals surface area contributed by atoms with Gasteiger partial charge < -0.3 is 16.0 Å². The quantitative estimate of drug-likeness (QED) is 0.0787. The highest BCUT2D eigenvalue weighted by atomic mass is 32.2. The van der Waals surface area contributed by atoms with Crippen molar-refractivity contribution in [2.24, 2.45) is 0 Å². The molecule has 3 aromatic heterocycles. The van der Waals surface area contributed by atoms with Crippen molar-refractivity contribution >= 4 is 50.3 Å². The van der Waals surface area contributed by atoms with Crippen molar-refractivity contribution in [3.05, 3.63) is 72.2 Å². The summed E-state index contributed by atoms with van der Waals surface area (Å²) in [6.07, 6.45) is -11.6. The number of urea groups is 1. The first kappa shape index (κ1) is 45.0. The Morgan fingerprint density at radius 3 is 2.32 bits per heavy atom. The van der Waals surface area contributed by atoms with Gasteiger partial charge in [-0.05, 0) is 48.7 Å². The number of carbonyl (C=O) groups is 2. The Hall–Kier alpha value is -6.02. The number of piperidine rings is 1. The van der Waals surface area contributed by atoms with Crippen LogP contribution in [0.5, 0.6) is 0 Å². The summed E-state index contributed by atoms with van der Waals surface area (Å²) < 4.78 is 150. The molecule has 0 radical (unpaired) electrons. The SMILES string of the molecule is O=C1CCN(c2nn(CC(F)(F)F)c3cc(NCCNCc4cccc(S(=O)(=O)N5CCC(Nc6ncc(C(F)(F)F)c(-c7cnn(CC(F)(F)F)c7)n6)CC5)c4)ccc23)C(=O)N1. The van der Waals surface area contributed by atoms with Gasteiger partial charge in [-0.25, -0.2) is 23.2 Å². The summed E-state index contributed by atoms with van der Waals surface area (Å²) in [5, 5.41) is 19.2. The van der Waals surface area contributed by atoms with Gasteiger partial charge in [-0.3, -0.25) is 24.4 Å². The molecular weight excluding hydrogens is 880 g/mol. The second-order valence-electron chi connectivity index (χ2n) is 14.7. The predicted octanol–water partition coefficient (Wildman–Crippen LogP) is 5.75. The molecule has 0 saturated carbocycles. The number of carbonyl (C=O) groups excluding carboxylic acids is 2. The molecule has 26 heteroatoms. The van der Waals surface area contributed by atoms with Crippen molar-refractivity contribution in [3.8, 4) is 11.3 Å². The number of aromatic nitrogens is 6. The van der Waals surface area contributed by atoms with Crippen LogP contribution in [0, 0.1) is 0 Å². The van der Waals surface area contributed by atoms with Crippen molar-refractivity contribution < 1.29 is 57.5 Å². The molecule has 5 heterocycles. The fourth-order valence-corrected chi connectivity index (χ4v) is 8.61. The molecule has 5 aromatic rings. The van der Waals surface area contributed by atoms with Crippen LogP contribution in [-0.2, 0) is 40.6 Å². The summed E-state index contributed by atoms with van der Waals surface area (Å²) >= 11 is 0. The van der Waals surface area contributed by atoms with E-state index in [4.69, 9.17) is 0 Å². The topological polar surface area (TPSA) is 184 Å². The first-order chi connectivity index (χ1) is 29.6. The molecule has 3 amide bonds. The van der Waals surface area contributed by atoms with Crippen molar-refractivity contribution in [2.75, 3.05) is 48.3 Å². The second kappa shape index (κ2) is 17.6. The number of halogens is 9. The van der Waals surface area contributed by atoms with E-state index in [0.717, 1.165) is 22.0 Å². The van der Waals surface area contributed by atoms with Crippen LogP contribution in [0.15, 0.2) is 66.0 Å². The Morgan fingerprint density at radius 1 is 0.873 bits per heavy atom. The number of anilines is 3. The van der Waals surface area contributed by atoms with Gasteiger partial charge in [-0.2, -0.15) is 54.0 Å². The molecule has 4 N–H and O–H groups in total. The number of imide groups is 1. The number of nitrogens with zero attached hydrogens (tertiary/aromatic N) is 8. The van der Waals surface area contributed by atoms with E-state index in [9.17, 15) is 57.5 Å². The number of hydrogen-bond acceptors (Lipinski definition) is 11. The monoisotopic (exact) mass is 916 g/mol. The molecule has 0 aliphatic carbocycles. The van der Waals surface area contributed by atoms with Gasteiger partial charge in [0.25, 0.3) is 0 Å². The van der Waals surface area contributed by atoms with E-state index in [0.29, 0.717) is 35.2 Å². The van der Waals surface area contributed by atoms with E-state index in [1.54, 1.807) is 18.2 Å². The van der Waals surface area contributed by atoms with Crippen LogP contribution in [0.4, 0.5) is 61.8 Å². The number of nitrogens with one attached hydrogen (secondary N) is 4. The molecule has 0 spiro atoms. The third kappa shape index (κ3) is 11.0. The van der Waals surface area contributed by atoms with E-state index in [2.05, 4.69) is 41.4 Å². The van der Waals surface area contributed by atoms with E-state index in [1.807, 2.05) is 0 Å². The fraction of sp³-hybridized carbons (Fsp3) is 0.405. The minimum absolute atomic E-state index is 0.0127. The maximum absolute atomic E-state index is 13.8. The largest absolute Gasteiger partial charge is 0.419 e. The molecule has 63 heavy (non-hydrogen) atoms. The molecule has 2 aromatic carbocycles. The number of sulfonamides is 1. The highest BCUT2D eigenvalue weighted by Gasteiger charge is 2.37. The lowest BCUT2D eigenvalue weighted by atomic mass is 10.1. The van der Waals surface area contributed by atoms with Crippen LogP contribution in [0.25, 0.3) is 22.2 Å². The zero-order valence-electron chi connectivity index (χ0n) is 32.6. The average Bonchev–Trinajstić information content (AvgIpc) is 3.80. The Labute approximate surface area is 351 Å². The molecule has 338 valence electrons. The minimum Gasteiger partial charge on any atom is -0.384 e. The van der Waals surface area contributed by atoms with Gasteiger partial charge in [-0.1, -0.05) is 12.1 Å². The molecule has 7 rings (SSSR count). The molecule has 2 saturated heterocycles. The highest BCUT2D eigenvalue weighted by Crippen LogP contribution is 2.37. The van der Waals surface area contributed by atoms with Gasteiger partial charge in [-0.15, -0.1) is 0 Å². The maximum atomic E-state index is 13.8. The van der Waals surface area contributed by atoms with E-state index < -0.39 is 70.9 Å². The standard InChI is InChI=1S/C37H37F9N12O4S/c38-35(39,40)20-55-19-23(17-50-55)31-28(37(44,45)46)18-49-33(53-31)51-24-6-11-56(12-7-24)63(61,62)26-3-1-2-22(14-26)16-47-9-10-48-25-4-5-27-29(15-25)58(21-36(41,42)43)54-32(27)57-13-8-30(59)52-34(57)60/h1-5,14-15,17-19,24,47-48H,6-13,16,20-21H2,(H,49,51,53)(H,52,59,60). The lowest BCUT2D eigenvalue weighted by molar-refractivity contribution is -0.143. The Morgan fingerprint density at radius 2 is 1.62 bits per heavy atom. The van der Waals surface area contributed by atoms with E-state index >= 15 is 0 Å². The molecule has 0 atom stereocenters. The number of fused-ring (bicyclic) bond motifs is 1. The average molecular weight is 917 g/mol. The van der Waals surface area contributed by atoms with Crippen molar-refractivity contribution in [3.63, 3.8) is 0 Å². The molecule has 0 unspecified atom stereocenters. The fourth-order valence-electron chi connectivity index (χ4n) is 7.07. The second-order valence-corrected chi connectivity index (χ2v) is 16.6. The van der Waals surface area contributed by atoms with E-state index in [1.165, 1.54) is 28.6 Å². The molecule has 2 aliphatic rings. The molecular formula is C37H37F9N12O4S. The van der Waals surface area contributed by atoms with Crippen LogP contribution in [-0.4, -0.2) is 105 Å². The van der Waals surface area contributed by atoms with Crippen LogP contribution in [0.1, 0.15) is 30.4 Å². The van der Waals surface area contributed by atoms with Gasteiger partial charge in [0.2, 0.25) is 21.9 Å². The van der Waals surface area contributed by atoms with Crippen molar-refractivity contribution in [1.82, 2.24) is 44.5 Å². The summed E-state index contributed by atoms with van der Waals surface area (Å²) in [7, 11) is -3.97. The summed E-state index contributed by atoms with van der Waals surface area (Å²) in [6, 6.07) is 9.66. The van der Waals surface area contributed by atoms with Crippen molar-refractivity contribution in [2.45, 2.75) is 68.4 Å². The van der Waals surface area contributed by atoms with E-state index in [-0.39, 0.29) is 78.6 Å². The lowest BCUT2D eigenvalue weighted by Crippen LogP contribution is -2.49. The van der Waals surface area contributed by atoms with Gasteiger partial charge >= 0.3 is 24.6 Å². The molecule has 2 fully saturated rings. The smallest absolute Gasteiger partial charge is 0.384 e. The minimum atomic E-state index is -4.92.